The highest BCUT2D eigenvalue weighted by atomic mass is 16.6. The molecule has 6 rings (SSSR count). The van der Waals surface area contributed by atoms with Gasteiger partial charge in [-0.2, -0.15) is 11.0 Å². The molecule has 11 heteroatoms. The molecule has 0 bridgehead atoms. The second-order valence-corrected chi connectivity index (χ2v) is 9.02. The molecule has 0 aliphatic carbocycles. The molecule has 1 amide bonds. The van der Waals surface area contributed by atoms with Gasteiger partial charge in [-0.1, -0.05) is 48.5 Å². The standard InChI is InChI=1S/C15H13N3O.C14H17N5O2/c16-14-15(19)17-12-9-5-4-8-11(12)13(18-14)10-6-2-1-3-7-10;15-14(21-16)12-3-2-11(19-5-1-4-17-19)10-13(12)18-6-8-20-9-7-18/h1-9,14H,16H2,(H,17,19);1-5,10,15H,6-9,16H2. The molecule has 2 aliphatic heterocycles. The van der Waals surface area contributed by atoms with Crippen molar-refractivity contribution >= 4 is 28.9 Å². The second kappa shape index (κ2) is 12.3. The number of nitrogens with one attached hydrogen (secondary N) is 2. The van der Waals surface area contributed by atoms with E-state index in [1.54, 1.807) is 10.9 Å². The maximum Gasteiger partial charge on any atom is 0.263 e. The SMILES string of the molecule is N=C(ON)c1ccc(-n2cccn2)cc1N1CCOCC1.NC1N=C(c2ccccc2)c2ccccc2NC1=O. The smallest absolute Gasteiger partial charge is 0.263 e. The van der Waals surface area contributed by atoms with Crippen molar-refractivity contribution in [2.75, 3.05) is 36.5 Å². The minimum absolute atomic E-state index is 0.0523. The molecule has 1 atom stereocenters. The van der Waals surface area contributed by atoms with E-state index < -0.39 is 6.17 Å². The zero-order valence-corrected chi connectivity index (χ0v) is 21.7. The molecular weight excluding hydrogens is 508 g/mol. The van der Waals surface area contributed by atoms with E-state index in [1.807, 2.05) is 85.1 Å². The fourth-order valence-corrected chi connectivity index (χ4v) is 4.50. The molecule has 6 N–H and O–H groups in total. The summed E-state index contributed by atoms with van der Waals surface area (Å²) in [6.07, 6.45) is 2.72. The number of ether oxygens (including phenoxy) is 1. The van der Waals surface area contributed by atoms with Crippen molar-refractivity contribution < 1.29 is 14.4 Å². The van der Waals surface area contributed by atoms with Gasteiger partial charge in [0.05, 0.1) is 41.6 Å². The molecule has 204 valence electrons. The lowest BCUT2D eigenvalue weighted by molar-refractivity contribution is -0.117. The highest BCUT2D eigenvalue weighted by Gasteiger charge is 2.22. The summed E-state index contributed by atoms with van der Waals surface area (Å²) in [6, 6.07) is 24.9. The Morgan fingerprint density at radius 3 is 2.50 bits per heavy atom. The highest BCUT2D eigenvalue weighted by Crippen LogP contribution is 2.26. The van der Waals surface area contributed by atoms with Crippen LogP contribution in [-0.2, 0) is 14.4 Å². The molecule has 1 saturated heterocycles. The van der Waals surface area contributed by atoms with E-state index in [9.17, 15) is 4.79 Å². The van der Waals surface area contributed by atoms with Crippen molar-refractivity contribution in [3.63, 3.8) is 0 Å². The van der Waals surface area contributed by atoms with Crippen LogP contribution >= 0.6 is 0 Å². The molecular formula is C29H30N8O3. The fourth-order valence-electron chi connectivity index (χ4n) is 4.50. The number of hydrogen-bond acceptors (Lipinski definition) is 9. The van der Waals surface area contributed by atoms with Crippen molar-refractivity contribution in [2.24, 2.45) is 16.6 Å². The number of anilines is 2. The predicted molar refractivity (Wildman–Crippen MR) is 154 cm³/mol. The van der Waals surface area contributed by atoms with E-state index in [4.69, 9.17) is 21.8 Å². The third-order valence-electron chi connectivity index (χ3n) is 6.49. The Morgan fingerprint density at radius 2 is 1.77 bits per heavy atom. The van der Waals surface area contributed by atoms with Gasteiger partial charge in [-0.05, 0) is 30.3 Å². The van der Waals surface area contributed by atoms with E-state index in [0.29, 0.717) is 18.8 Å². The van der Waals surface area contributed by atoms with Crippen molar-refractivity contribution in [3.8, 4) is 5.69 Å². The summed E-state index contributed by atoms with van der Waals surface area (Å²) in [5, 5.41) is 14.9. The van der Waals surface area contributed by atoms with Gasteiger partial charge in [-0.15, -0.1) is 0 Å². The van der Waals surface area contributed by atoms with Gasteiger partial charge < -0.3 is 25.5 Å². The number of carbonyl (C=O) groups excluding carboxylic acids is 1. The second-order valence-electron chi connectivity index (χ2n) is 9.02. The number of carbonyl (C=O) groups is 1. The molecule has 1 fully saturated rings. The Balaban J connectivity index is 0.000000162. The van der Waals surface area contributed by atoms with Gasteiger partial charge in [0.15, 0.2) is 6.17 Å². The Bertz CT molecular complexity index is 1500. The van der Waals surface area contributed by atoms with Crippen LogP contribution in [0.4, 0.5) is 11.4 Å². The quantitative estimate of drug-likeness (QED) is 0.177. The number of aromatic nitrogens is 2. The van der Waals surface area contributed by atoms with Crippen LogP contribution in [0.3, 0.4) is 0 Å². The van der Waals surface area contributed by atoms with Crippen LogP contribution in [-0.4, -0.2) is 59.8 Å². The summed E-state index contributed by atoms with van der Waals surface area (Å²) in [5.41, 5.74) is 11.6. The molecule has 3 heterocycles. The van der Waals surface area contributed by atoms with E-state index >= 15 is 0 Å². The van der Waals surface area contributed by atoms with Crippen LogP contribution in [0.15, 0.2) is 96.2 Å². The van der Waals surface area contributed by atoms with E-state index in [-0.39, 0.29) is 11.8 Å². The van der Waals surface area contributed by atoms with Crippen LogP contribution in [0, 0.1) is 5.41 Å². The molecule has 0 spiro atoms. The van der Waals surface area contributed by atoms with Gasteiger partial charge in [0.1, 0.15) is 0 Å². The van der Waals surface area contributed by atoms with Gasteiger partial charge in [0, 0.05) is 36.6 Å². The first-order valence-electron chi connectivity index (χ1n) is 12.8. The zero-order chi connectivity index (χ0) is 27.9. The van der Waals surface area contributed by atoms with Crippen LogP contribution < -0.4 is 21.8 Å². The van der Waals surface area contributed by atoms with Crippen LogP contribution in [0.2, 0.25) is 0 Å². The Morgan fingerprint density at radius 1 is 1.02 bits per heavy atom. The van der Waals surface area contributed by atoms with Gasteiger partial charge in [0.2, 0.25) is 5.90 Å². The van der Waals surface area contributed by atoms with Gasteiger partial charge in [-0.25, -0.2) is 4.68 Å². The molecule has 1 aromatic heterocycles. The van der Waals surface area contributed by atoms with E-state index in [1.165, 1.54) is 0 Å². The summed E-state index contributed by atoms with van der Waals surface area (Å²) in [7, 11) is 0. The number of nitrogens with two attached hydrogens (primary N) is 2. The van der Waals surface area contributed by atoms with E-state index in [0.717, 1.165) is 47.0 Å². The normalized spacial score (nSPS) is 16.4. The molecule has 4 aromatic rings. The van der Waals surface area contributed by atoms with Crippen molar-refractivity contribution in [3.05, 3.63) is 108 Å². The Hall–Kier alpha value is -4.84. The van der Waals surface area contributed by atoms with Gasteiger partial charge in [-0.3, -0.25) is 15.2 Å². The highest BCUT2D eigenvalue weighted by molar-refractivity contribution is 6.19. The maximum absolute atomic E-state index is 11.8. The van der Waals surface area contributed by atoms with Crippen molar-refractivity contribution in [1.29, 1.82) is 5.41 Å². The molecule has 3 aromatic carbocycles. The lowest BCUT2D eigenvalue weighted by atomic mass is 10.0. The number of fused-ring (bicyclic) bond motifs is 1. The number of hydrogen-bond donors (Lipinski definition) is 4. The average molecular weight is 539 g/mol. The lowest BCUT2D eigenvalue weighted by Gasteiger charge is -2.30. The first-order chi connectivity index (χ1) is 19.5. The van der Waals surface area contributed by atoms with Gasteiger partial charge >= 0.3 is 0 Å². The average Bonchev–Trinajstić information content (AvgIpc) is 3.52. The third kappa shape index (κ3) is 5.91. The Labute approximate surface area is 231 Å². The molecule has 0 radical (unpaired) electrons. The number of para-hydroxylation sites is 1. The number of benzodiazepines with no additional fused rings is 1. The third-order valence-corrected chi connectivity index (χ3v) is 6.49. The number of aliphatic imine (C=N–C) groups is 1. The number of amides is 1. The van der Waals surface area contributed by atoms with Crippen molar-refractivity contribution in [1.82, 2.24) is 9.78 Å². The summed E-state index contributed by atoms with van der Waals surface area (Å²) >= 11 is 0. The van der Waals surface area contributed by atoms with Gasteiger partial charge in [0.25, 0.3) is 5.91 Å². The molecule has 2 aliphatic rings. The summed E-state index contributed by atoms with van der Waals surface area (Å²) in [6.45, 7) is 2.88. The predicted octanol–water partition coefficient (Wildman–Crippen LogP) is 2.69. The largest absolute Gasteiger partial charge is 0.391 e. The number of benzene rings is 3. The number of rotatable bonds is 4. The lowest BCUT2D eigenvalue weighted by Crippen LogP contribution is -2.37. The number of morpholine rings is 1. The topological polar surface area (TPSA) is 157 Å². The molecule has 11 nitrogen and oxygen atoms in total. The first kappa shape index (κ1) is 26.8. The number of nitrogens with zero attached hydrogens (tertiary/aromatic N) is 4. The molecule has 1 unspecified atom stereocenters. The van der Waals surface area contributed by atoms with E-state index in [2.05, 4.69) is 25.1 Å². The zero-order valence-electron chi connectivity index (χ0n) is 21.7. The summed E-state index contributed by atoms with van der Waals surface area (Å²) in [5.74, 6) is 4.80. The van der Waals surface area contributed by atoms with Crippen LogP contribution in [0.25, 0.3) is 5.69 Å². The summed E-state index contributed by atoms with van der Waals surface area (Å²) in [4.78, 5) is 22.9. The van der Waals surface area contributed by atoms with Crippen molar-refractivity contribution in [2.45, 2.75) is 6.17 Å². The Kier molecular flexibility index (Phi) is 8.26. The minimum atomic E-state index is -0.886. The maximum atomic E-state index is 11.8. The summed E-state index contributed by atoms with van der Waals surface area (Å²) < 4.78 is 7.16. The molecule has 40 heavy (non-hydrogen) atoms. The van der Waals surface area contributed by atoms with Crippen LogP contribution in [0.1, 0.15) is 16.7 Å². The monoisotopic (exact) mass is 538 g/mol. The van der Waals surface area contributed by atoms with Crippen LogP contribution in [0.5, 0.6) is 0 Å². The minimum Gasteiger partial charge on any atom is -0.391 e. The fraction of sp³-hybridized carbons (Fsp3) is 0.172. The first-order valence-corrected chi connectivity index (χ1v) is 12.8. The molecule has 0 saturated carbocycles.